The van der Waals surface area contributed by atoms with Crippen molar-refractivity contribution in [3.8, 4) is 5.75 Å². The van der Waals surface area contributed by atoms with Gasteiger partial charge < -0.3 is 14.8 Å². The number of esters is 1. The predicted molar refractivity (Wildman–Crippen MR) is 95.6 cm³/mol. The van der Waals surface area contributed by atoms with Gasteiger partial charge in [-0.1, -0.05) is 17.7 Å². The van der Waals surface area contributed by atoms with Crippen LogP contribution >= 0.6 is 10.7 Å². The summed E-state index contributed by atoms with van der Waals surface area (Å²) in [4.78, 5) is 11.6. The van der Waals surface area contributed by atoms with E-state index >= 15 is 0 Å². The number of nitrogens with one attached hydrogen (secondary N) is 1. The molecule has 0 radical (unpaired) electrons. The van der Waals surface area contributed by atoms with Crippen molar-refractivity contribution in [1.82, 2.24) is 0 Å². The number of aryl methyl sites for hydroxylation is 1. The first kappa shape index (κ1) is 19.1. The van der Waals surface area contributed by atoms with Gasteiger partial charge in [0.25, 0.3) is 9.05 Å². The Morgan fingerprint density at radius 2 is 1.72 bits per heavy atom. The average Bonchev–Trinajstić information content (AvgIpc) is 2.58. The van der Waals surface area contributed by atoms with Crippen LogP contribution in [0.1, 0.15) is 5.56 Å². The third-order valence-electron chi connectivity index (χ3n) is 3.21. The first-order chi connectivity index (χ1) is 11.8. The number of carbonyl (C=O) groups excluding carboxylic acids is 1. The lowest BCUT2D eigenvalue weighted by Gasteiger charge is -2.09. The molecule has 2 rings (SSSR count). The Kier molecular flexibility index (Phi) is 6.66. The van der Waals surface area contributed by atoms with E-state index in [1.807, 2.05) is 31.2 Å². The van der Waals surface area contributed by atoms with Crippen LogP contribution in [0.4, 0.5) is 5.69 Å². The maximum atomic E-state index is 11.6. The van der Waals surface area contributed by atoms with Crippen LogP contribution in [0.5, 0.6) is 5.75 Å². The number of halogens is 1. The lowest BCUT2D eigenvalue weighted by atomic mass is 10.2. The van der Waals surface area contributed by atoms with E-state index in [1.54, 1.807) is 0 Å². The molecule has 0 aromatic heterocycles. The van der Waals surface area contributed by atoms with Gasteiger partial charge in [0.1, 0.15) is 12.4 Å². The molecular formula is C17H18ClNO5S. The second-order valence-electron chi connectivity index (χ2n) is 5.21. The Morgan fingerprint density at radius 3 is 2.32 bits per heavy atom. The first-order valence-corrected chi connectivity index (χ1v) is 9.79. The molecule has 0 saturated heterocycles. The molecule has 0 atom stereocenters. The fourth-order valence-corrected chi connectivity index (χ4v) is 2.68. The van der Waals surface area contributed by atoms with Crippen LogP contribution in [-0.2, 0) is 18.6 Å². The number of anilines is 1. The van der Waals surface area contributed by atoms with Crippen molar-refractivity contribution >= 4 is 31.4 Å². The Bertz CT molecular complexity index is 804. The summed E-state index contributed by atoms with van der Waals surface area (Å²) in [7, 11) is 1.44. The van der Waals surface area contributed by atoms with E-state index in [4.69, 9.17) is 20.2 Å². The highest BCUT2D eigenvalue weighted by molar-refractivity contribution is 8.13. The summed E-state index contributed by atoms with van der Waals surface area (Å²) in [6.45, 7) is 2.43. The lowest BCUT2D eigenvalue weighted by molar-refractivity contribution is -0.145. The third-order valence-corrected chi connectivity index (χ3v) is 4.58. The van der Waals surface area contributed by atoms with Gasteiger partial charge >= 0.3 is 5.97 Å². The van der Waals surface area contributed by atoms with Gasteiger partial charge in [-0.3, -0.25) is 0 Å². The minimum absolute atomic E-state index is 0.0359. The molecule has 25 heavy (non-hydrogen) atoms. The molecular weight excluding hydrogens is 366 g/mol. The molecule has 0 amide bonds. The molecule has 0 unspecified atom stereocenters. The van der Waals surface area contributed by atoms with Gasteiger partial charge in [0, 0.05) is 22.9 Å². The maximum absolute atomic E-state index is 11.6. The van der Waals surface area contributed by atoms with Gasteiger partial charge in [0.05, 0.1) is 4.90 Å². The average molecular weight is 384 g/mol. The second kappa shape index (κ2) is 8.73. The van der Waals surface area contributed by atoms with E-state index in [0.29, 0.717) is 12.3 Å². The Balaban J connectivity index is 1.67. The van der Waals surface area contributed by atoms with Crippen LogP contribution < -0.4 is 10.1 Å². The van der Waals surface area contributed by atoms with Crippen molar-refractivity contribution < 1.29 is 22.7 Å². The Morgan fingerprint density at radius 1 is 1.08 bits per heavy atom. The number of carbonyl (C=O) groups is 1. The zero-order valence-electron chi connectivity index (χ0n) is 13.6. The van der Waals surface area contributed by atoms with E-state index in [0.717, 1.165) is 5.69 Å². The normalized spacial score (nSPS) is 11.0. The van der Waals surface area contributed by atoms with Crippen LogP contribution in [0.2, 0.25) is 0 Å². The summed E-state index contributed by atoms with van der Waals surface area (Å²) in [6, 6.07) is 13.3. The molecule has 6 nitrogen and oxygen atoms in total. The van der Waals surface area contributed by atoms with E-state index in [1.165, 1.54) is 29.8 Å². The van der Waals surface area contributed by atoms with Gasteiger partial charge in [-0.15, -0.1) is 0 Å². The van der Waals surface area contributed by atoms with E-state index in [2.05, 4.69) is 5.32 Å². The molecule has 2 aromatic rings. The van der Waals surface area contributed by atoms with Gasteiger partial charge in [-0.05, 0) is 43.3 Å². The fraction of sp³-hybridized carbons (Fsp3) is 0.235. The number of ether oxygens (including phenoxy) is 2. The van der Waals surface area contributed by atoms with Gasteiger partial charge in [0.15, 0.2) is 6.61 Å². The third kappa shape index (κ3) is 6.64. The predicted octanol–water partition coefficient (Wildman–Crippen LogP) is 2.96. The molecule has 0 spiro atoms. The summed E-state index contributed by atoms with van der Waals surface area (Å²) < 4.78 is 32.5. The molecule has 8 heteroatoms. The molecule has 0 saturated carbocycles. The highest BCUT2D eigenvalue weighted by Crippen LogP contribution is 2.19. The molecule has 0 aliphatic carbocycles. The van der Waals surface area contributed by atoms with Gasteiger partial charge in [0.2, 0.25) is 0 Å². The molecule has 1 N–H and O–H groups in total. The summed E-state index contributed by atoms with van der Waals surface area (Å²) in [5.41, 5.74) is 2.12. The van der Waals surface area contributed by atoms with Crippen molar-refractivity contribution in [3.05, 3.63) is 54.1 Å². The van der Waals surface area contributed by atoms with Crippen LogP contribution in [-0.4, -0.2) is 34.1 Å². The maximum Gasteiger partial charge on any atom is 0.344 e. The summed E-state index contributed by atoms with van der Waals surface area (Å²) in [6.07, 6.45) is 0. The van der Waals surface area contributed by atoms with Gasteiger partial charge in [-0.25, -0.2) is 13.2 Å². The minimum Gasteiger partial charge on any atom is -0.482 e. The summed E-state index contributed by atoms with van der Waals surface area (Å²) >= 11 is 0. The lowest BCUT2D eigenvalue weighted by Crippen LogP contribution is -2.19. The second-order valence-corrected chi connectivity index (χ2v) is 7.78. The largest absolute Gasteiger partial charge is 0.482 e. The topological polar surface area (TPSA) is 81.7 Å². The molecule has 2 aromatic carbocycles. The molecule has 0 bridgehead atoms. The zero-order valence-corrected chi connectivity index (χ0v) is 15.1. The van der Waals surface area contributed by atoms with Crippen molar-refractivity contribution in [2.75, 3.05) is 25.1 Å². The Labute approximate surface area is 151 Å². The summed E-state index contributed by atoms with van der Waals surface area (Å²) in [5, 5.41) is 3.13. The van der Waals surface area contributed by atoms with E-state index < -0.39 is 15.0 Å². The highest BCUT2D eigenvalue weighted by Gasteiger charge is 2.10. The van der Waals surface area contributed by atoms with Crippen LogP contribution in [0.3, 0.4) is 0 Å². The fourth-order valence-electron chi connectivity index (χ4n) is 1.91. The van der Waals surface area contributed by atoms with Crippen LogP contribution in [0.25, 0.3) is 0 Å². The minimum atomic E-state index is -3.77. The van der Waals surface area contributed by atoms with Crippen molar-refractivity contribution in [2.24, 2.45) is 0 Å². The number of benzene rings is 2. The van der Waals surface area contributed by atoms with E-state index in [9.17, 15) is 13.2 Å². The summed E-state index contributed by atoms with van der Waals surface area (Å²) in [5.74, 6) is -0.168. The SMILES string of the molecule is Cc1ccc(NCCOC(=O)COc2ccc(S(=O)(=O)Cl)cc2)cc1. The molecule has 0 aliphatic heterocycles. The van der Waals surface area contributed by atoms with Crippen LogP contribution in [0, 0.1) is 6.92 Å². The number of rotatable bonds is 8. The van der Waals surface area contributed by atoms with Crippen molar-refractivity contribution in [1.29, 1.82) is 0 Å². The smallest absolute Gasteiger partial charge is 0.344 e. The number of hydrogen-bond acceptors (Lipinski definition) is 6. The first-order valence-electron chi connectivity index (χ1n) is 7.48. The highest BCUT2D eigenvalue weighted by atomic mass is 35.7. The van der Waals surface area contributed by atoms with Crippen LogP contribution in [0.15, 0.2) is 53.4 Å². The van der Waals surface area contributed by atoms with Gasteiger partial charge in [-0.2, -0.15) is 0 Å². The molecule has 134 valence electrons. The molecule has 0 aliphatic rings. The van der Waals surface area contributed by atoms with E-state index in [-0.39, 0.29) is 18.1 Å². The standard InChI is InChI=1S/C17H18ClNO5S/c1-13-2-4-14(5-3-13)19-10-11-23-17(20)12-24-15-6-8-16(9-7-15)25(18,21)22/h2-9,19H,10-12H2,1H3. The Hall–Kier alpha value is -2.25. The molecule has 0 fully saturated rings. The van der Waals surface area contributed by atoms with Crippen molar-refractivity contribution in [2.45, 2.75) is 11.8 Å². The van der Waals surface area contributed by atoms with Crippen molar-refractivity contribution in [3.63, 3.8) is 0 Å². The zero-order chi connectivity index (χ0) is 18.3. The molecule has 0 heterocycles. The monoisotopic (exact) mass is 383 g/mol. The number of hydrogen-bond donors (Lipinski definition) is 1. The quantitative estimate of drug-likeness (QED) is 0.429.